The highest BCUT2D eigenvalue weighted by molar-refractivity contribution is 9.10. The van der Waals surface area contributed by atoms with Gasteiger partial charge in [0.1, 0.15) is 11.4 Å². The van der Waals surface area contributed by atoms with Crippen LogP contribution >= 0.6 is 15.9 Å². The Morgan fingerprint density at radius 3 is 2.84 bits per heavy atom. The molecule has 1 aliphatic rings. The molecule has 1 aromatic carbocycles. The van der Waals surface area contributed by atoms with Crippen molar-refractivity contribution < 1.29 is 9.84 Å². The molecule has 0 amide bonds. The molecule has 3 atom stereocenters. The standard InChI is InChI=1S/C16H23BrO2/c1-4-11(3)9-16(5-2)10-14(18)13-7-6-12(17)8-15(13)19-16/h6-8,11,14,18H,4-5,9-10H2,1-3H3. The smallest absolute Gasteiger partial charge is 0.127 e. The summed E-state index contributed by atoms with van der Waals surface area (Å²) in [5.74, 6) is 1.44. The molecule has 2 nitrogen and oxygen atoms in total. The zero-order valence-corrected chi connectivity index (χ0v) is 13.5. The number of rotatable bonds is 4. The minimum Gasteiger partial charge on any atom is -0.487 e. The zero-order chi connectivity index (χ0) is 14.0. The molecule has 3 unspecified atom stereocenters. The summed E-state index contributed by atoms with van der Waals surface area (Å²) in [6.07, 6.45) is 3.36. The van der Waals surface area contributed by atoms with Crippen molar-refractivity contribution in [3.05, 3.63) is 28.2 Å². The topological polar surface area (TPSA) is 29.5 Å². The average Bonchev–Trinajstić information content (AvgIpc) is 2.38. The second-order valence-corrected chi connectivity index (χ2v) is 6.67. The maximum absolute atomic E-state index is 10.4. The lowest BCUT2D eigenvalue weighted by Gasteiger charge is -2.42. The van der Waals surface area contributed by atoms with E-state index in [0.717, 1.165) is 35.0 Å². The van der Waals surface area contributed by atoms with E-state index >= 15 is 0 Å². The third kappa shape index (κ3) is 3.14. The van der Waals surface area contributed by atoms with Crippen LogP contribution in [0.1, 0.15) is 58.1 Å². The van der Waals surface area contributed by atoms with Crippen LogP contribution in [0.5, 0.6) is 5.75 Å². The molecule has 1 N–H and O–H groups in total. The summed E-state index contributed by atoms with van der Waals surface area (Å²) in [5.41, 5.74) is 0.694. The zero-order valence-electron chi connectivity index (χ0n) is 11.9. The van der Waals surface area contributed by atoms with Crippen LogP contribution in [0.4, 0.5) is 0 Å². The van der Waals surface area contributed by atoms with Crippen molar-refractivity contribution in [2.75, 3.05) is 0 Å². The molecule has 1 aromatic rings. The van der Waals surface area contributed by atoms with Crippen molar-refractivity contribution in [2.45, 2.75) is 58.2 Å². The predicted molar refractivity (Wildman–Crippen MR) is 81.4 cm³/mol. The largest absolute Gasteiger partial charge is 0.487 e. The Morgan fingerprint density at radius 2 is 2.21 bits per heavy atom. The molecule has 1 heterocycles. The van der Waals surface area contributed by atoms with Gasteiger partial charge >= 0.3 is 0 Å². The highest BCUT2D eigenvalue weighted by Gasteiger charge is 2.39. The van der Waals surface area contributed by atoms with Crippen LogP contribution in [-0.2, 0) is 0 Å². The van der Waals surface area contributed by atoms with E-state index in [1.165, 1.54) is 0 Å². The molecule has 0 aliphatic carbocycles. The van der Waals surface area contributed by atoms with Gasteiger partial charge in [-0.15, -0.1) is 0 Å². The predicted octanol–water partition coefficient (Wildman–Crippen LogP) is 4.85. The van der Waals surface area contributed by atoms with Crippen LogP contribution in [0, 0.1) is 5.92 Å². The van der Waals surface area contributed by atoms with Crippen LogP contribution in [0.3, 0.4) is 0 Å². The van der Waals surface area contributed by atoms with Gasteiger partial charge in [0.25, 0.3) is 0 Å². The van der Waals surface area contributed by atoms with Gasteiger partial charge in [-0.3, -0.25) is 0 Å². The van der Waals surface area contributed by atoms with Crippen molar-refractivity contribution in [1.82, 2.24) is 0 Å². The summed E-state index contributed by atoms with van der Waals surface area (Å²) in [7, 11) is 0. The number of ether oxygens (including phenoxy) is 1. The molecule has 0 radical (unpaired) electrons. The first-order chi connectivity index (χ1) is 8.99. The summed E-state index contributed by atoms with van der Waals surface area (Å²) in [6, 6.07) is 5.88. The molecule has 0 saturated carbocycles. The van der Waals surface area contributed by atoms with Gasteiger partial charge in [-0.2, -0.15) is 0 Å². The van der Waals surface area contributed by atoms with E-state index in [9.17, 15) is 5.11 Å². The fourth-order valence-corrected chi connectivity index (χ4v) is 3.21. The molecule has 19 heavy (non-hydrogen) atoms. The maximum Gasteiger partial charge on any atom is 0.127 e. The lowest BCUT2D eigenvalue weighted by Crippen LogP contribution is -2.42. The highest BCUT2D eigenvalue weighted by Crippen LogP contribution is 2.44. The molecular formula is C16H23BrO2. The van der Waals surface area contributed by atoms with Crippen LogP contribution in [0.15, 0.2) is 22.7 Å². The van der Waals surface area contributed by atoms with Gasteiger partial charge in [0.15, 0.2) is 0 Å². The first-order valence-corrected chi connectivity index (χ1v) is 7.95. The molecule has 0 spiro atoms. The molecule has 1 aliphatic heterocycles. The summed E-state index contributed by atoms with van der Waals surface area (Å²) < 4.78 is 7.30. The van der Waals surface area contributed by atoms with Crippen LogP contribution in [0.25, 0.3) is 0 Å². The van der Waals surface area contributed by atoms with E-state index in [4.69, 9.17) is 4.74 Å². The van der Waals surface area contributed by atoms with Gasteiger partial charge in [-0.05, 0) is 30.9 Å². The first-order valence-electron chi connectivity index (χ1n) is 7.16. The van der Waals surface area contributed by atoms with Crippen molar-refractivity contribution in [2.24, 2.45) is 5.92 Å². The Hall–Kier alpha value is -0.540. The Labute approximate surface area is 124 Å². The first kappa shape index (κ1) is 14.9. The number of fused-ring (bicyclic) bond motifs is 1. The molecule has 2 rings (SSSR count). The molecule has 0 aromatic heterocycles. The number of hydrogen-bond acceptors (Lipinski definition) is 2. The number of hydrogen-bond donors (Lipinski definition) is 1. The molecule has 3 heteroatoms. The van der Waals surface area contributed by atoms with E-state index in [0.29, 0.717) is 12.3 Å². The van der Waals surface area contributed by atoms with Crippen molar-refractivity contribution >= 4 is 15.9 Å². The van der Waals surface area contributed by atoms with E-state index in [1.807, 2.05) is 18.2 Å². The summed E-state index contributed by atoms with van der Waals surface area (Å²) in [4.78, 5) is 0. The summed E-state index contributed by atoms with van der Waals surface area (Å²) >= 11 is 3.47. The number of aliphatic hydroxyl groups is 1. The fourth-order valence-electron chi connectivity index (χ4n) is 2.87. The molecule has 0 fully saturated rings. The average molecular weight is 327 g/mol. The molecular weight excluding hydrogens is 304 g/mol. The van der Waals surface area contributed by atoms with E-state index < -0.39 is 6.10 Å². The number of aliphatic hydroxyl groups excluding tert-OH is 1. The third-order valence-electron chi connectivity index (χ3n) is 4.29. The van der Waals surface area contributed by atoms with Gasteiger partial charge in [0, 0.05) is 16.5 Å². The third-order valence-corrected chi connectivity index (χ3v) is 4.78. The van der Waals surface area contributed by atoms with Gasteiger partial charge in [-0.25, -0.2) is 0 Å². The van der Waals surface area contributed by atoms with Crippen LogP contribution in [0.2, 0.25) is 0 Å². The van der Waals surface area contributed by atoms with Gasteiger partial charge in [-0.1, -0.05) is 49.2 Å². The maximum atomic E-state index is 10.4. The number of benzene rings is 1. The molecule has 106 valence electrons. The molecule has 0 saturated heterocycles. The lowest BCUT2D eigenvalue weighted by molar-refractivity contribution is -0.0319. The van der Waals surface area contributed by atoms with Crippen LogP contribution in [-0.4, -0.2) is 10.7 Å². The fraction of sp³-hybridized carbons (Fsp3) is 0.625. The highest BCUT2D eigenvalue weighted by atomic mass is 79.9. The van der Waals surface area contributed by atoms with Gasteiger partial charge < -0.3 is 9.84 Å². The Balaban J connectivity index is 2.30. The van der Waals surface area contributed by atoms with Crippen LogP contribution < -0.4 is 4.74 Å². The van der Waals surface area contributed by atoms with Gasteiger partial charge in [0.05, 0.1) is 6.10 Å². The molecule has 0 bridgehead atoms. The quantitative estimate of drug-likeness (QED) is 0.856. The van der Waals surface area contributed by atoms with E-state index in [-0.39, 0.29) is 5.60 Å². The Bertz CT molecular complexity index is 446. The minimum atomic E-state index is -0.416. The van der Waals surface area contributed by atoms with Gasteiger partial charge in [0.2, 0.25) is 0 Å². The van der Waals surface area contributed by atoms with E-state index in [2.05, 4.69) is 36.7 Å². The van der Waals surface area contributed by atoms with E-state index in [1.54, 1.807) is 0 Å². The lowest BCUT2D eigenvalue weighted by atomic mass is 9.80. The van der Waals surface area contributed by atoms with Crippen molar-refractivity contribution in [3.63, 3.8) is 0 Å². The summed E-state index contributed by atoms with van der Waals surface area (Å²) in [5, 5.41) is 10.4. The number of halogens is 1. The monoisotopic (exact) mass is 326 g/mol. The minimum absolute atomic E-state index is 0.220. The Kier molecular flexibility index (Phi) is 4.57. The van der Waals surface area contributed by atoms with Crippen molar-refractivity contribution in [3.8, 4) is 5.75 Å². The summed E-state index contributed by atoms with van der Waals surface area (Å²) in [6.45, 7) is 6.61. The Morgan fingerprint density at radius 1 is 1.47 bits per heavy atom. The van der Waals surface area contributed by atoms with Crippen molar-refractivity contribution in [1.29, 1.82) is 0 Å². The SMILES string of the molecule is CCC(C)CC1(CC)CC(O)c2ccc(Br)cc2O1. The second-order valence-electron chi connectivity index (χ2n) is 5.76. The second kappa shape index (κ2) is 5.84. The normalized spacial score (nSPS) is 27.5.